The molecule has 27 heavy (non-hydrogen) atoms. The molecule has 0 aliphatic heterocycles. The van der Waals surface area contributed by atoms with Crippen LogP contribution in [0.1, 0.15) is 35.6 Å². The van der Waals surface area contributed by atoms with Crippen LogP contribution in [0.25, 0.3) is 16.8 Å². The zero-order valence-corrected chi connectivity index (χ0v) is 15.1. The summed E-state index contributed by atoms with van der Waals surface area (Å²) >= 11 is 0. The number of benzene rings is 1. The molecular weight excluding hydrogens is 338 g/mol. The van der Waals surface area contributed by atoms with Crippen molar-refractivity contribution in [2.24, 2.45) is 0 Å². The molecule has 7 nitrogen and oxygen atoms in total. The Balaban J connectivity index is 1.54. The zero-order chi connectivity index (χ0) is 18.4. The largest absolute Gasteiger partial charge is 0.366 e. The van der Waals surface area contributed by atoms with E-state index in [1.54, 1.807) is 4.52 Å². The minimum Gasteiger partial charge on any atom is -0.366 e. The van der Waals surface area contributed by atoms with E-state index >= 15 is 0 Å². The molecule has 0 bridgehead atoms. The Hall–Kier alpha value is -3.35. The number of nitrogen functional groups attached to an aromatic ring is 1. The predicted octanol–water partition coefficient (Wildman–Crippen LogP) is 3.50. The van der Waals surface area contributed by atoms with E-state index in [2.05, 4.69) is 50.7 Å². The number of anilines is 2. The summed E-state index contributed by atoms with van der Waals surface area (Å²) in [5, 5.41) is 15.4. The number of hydrogen-bond donors (Lipinski definition) is 3. The third-order valence-electron chi connectivity index (χ3n) is 5.13. The fraction of sp³-hybridized carbons (Fsp3) is 0.250. The maximum atomic E-state index is 5.92. The first-order valence-electron chi connectivity index (χ1n) is 9.18. The number of nitrogens with one attached hydrogen (secondary N) is 2. The van der Waals surface area contributed by atoms with Gasteiger partial charge in [0.25, 0.3) is 0 Å². The molecule has 0 unspecified atom stereocenters. The monoisotopic (exact) mass is 359 g/mol. The highest BCUT2D eigenvalue weighted by Gasteiger charge is 2.26. The van der Waals surface area contributed by atoms with Crippen LogP contribution in [0.3, 0.4) is 0 Å². The summed E-state index contributed by atoms with van der Waals surface area (Å²) in [5.41, 5.74) is 12.4. The van der Waals surface area contributed by atoms with Gasteiger partial charge in [-0.15, -0.1) is 5.10 Å². The van der Waals surface area contributed by atoms with E-state index in [4.69, 9.17) is 5.73 Å². The molecule has 4 N–H and O–H groups in total. The first kappa shape index (κ1) is 15.9. The molecular formula is C20H21N7. The Morgan fingerprint density at radius 2 is 2.11 bits per heavy atom. The molecule has 0 spiro atoms. The third-order valence-corrected chi connectivity index (χ3v) is 5.13. The van der Waals surface area contributed by atoms with Crippen LogP contribution in [-0.4, -0.2) is 24.8 Å². The fourth-order valence-corrected chi connectivity index (χ4v) is 3.44. The second kappa shape index (κ2) is 6.12. The van der Waals surface area contributed by atoms with Gasteiger partial charge in [0.15, 0.2) is 5.82 Å². The van der Waals surface area contributed by atoms with Crippen LogP contribution in [0.4, 0.5) is 11.8 Å². The minimum atomic E-state index is 0.234. The molecule has 1 fully saturated rings. The Labute approximate surface area is 156 Å². The second-order valence-corrected chi connectivity index (χ2v) is 7.10. The van der Waals surface area contributed by atoms with E-state index in [9.17, 15) is 0 Å². The number of aromatic amines is 1. The van der Waals surface area contributed by atoms with Gasteiger partial charge in [-0.3, -0.25) is 5.10 Å². The van der Waals surface area contributed by atoms with Crippen LogP contribution in [-0.2, 0) is 6.54 Å². The molecule has 1 aliphatic rings. The normalized spacial score (nSPS) is 14.0. The smallest absolute Gasteiger partial charge is 0.240 e. The van der Waals surface area contributed by atoms with Crippen molar-refractivity contribution in [2.45, 2.75) is 32.2 Å². The Morgan fingerprint density at radius 3 is 2.93 bits per heavy atom. The maximum absolute atomic E-state index is 5.92. The number of hydrogen-bond acceptors (Lipinski definition) is 5. The predicted molar refractivity (Wildman–Crippen MR) is 105 cm³/mol. The molecule has 3 aromatic heterocycles. The van der Waals surface area contributed by atoms with E-state index in [1.807, 2.05) is 24.4 Å². The van der Waals surface area contributed by atoms with Crippen LogP contribution in [0.5, 0.6) is 0 Å². The number of fused-ring (bicyclic) bond motifs is 1. The van der Waals surface area contributed by atoms with Crippen molar-refractivity contribution < 1.29 is 0 Å². The van der Waals surface area contributed by atoms with Crippen molar-refractivity contribution in [3.05, 3.63) is 59.4 Å². The molecule has 4 aromatic rings. The average molecular weight is 359 g/mol. The SMILES string of the molecule is Cc1ccccc1CNc1nc(N)nn2ccc(-c3cc(C4CC4)[nH]n3)c12. The zero-order valence-electron chi connectivity index (χ0n) is 15.1. The van der Waals surface area contributed by atoms with Crippen LogP contribution < -0.4 is 11.1 Å². The number of aromatic nitrogens is 5. The first-order valence-corrected chi connectivity index (χ1v) is 9.18. The van der Waals surface area contributed by atoms with E-state index < -0.39 is 0 Å². The quantitative estimate of drug-likeness (QED) is 0.507. The lowest BCUT2D eigenvalue weighted by Crippen LogP contribution is -2.09. The van der Waals surface area contributed by atoms with Gasteiger partial charge in [-0.05, 0) is 43.0 Å². The van der Waals surface area contributed by atoms with E-state index in [1.165, 1.54) is 29.7 Å². The lowest BCUT2D eigenvalue weighted by Gasteiger charge is -2.11. The van der Waals surface area contributed by atoms with E-state index in [-0.39, 0.29) is 5.95 Å². The van der Waals surface area contributed by atoms with Gasteiger partial charge in [-0.25, -0.2) is 4.52 Å². The standard InChI is InChI=1S/C20H21N7/c1-12-4-2-3-5-14(12)11-22-19-18-15(8-9-27(18)26-20(21)23-19)17-10-16(24-25-17)13-6-7-13/h2-5,8-10,13H,6-7,11H2,1H3,(H,24,25)(H3,21,22,23,26). The van der Waals surface area contributed by atoms with Gasteiger partial charge < -0.3 is 11.1 Å². The number of nitrogens with zero attached hydrogens (tertiary/aromatic N) is 4. The lowest BCUT2D eigenvalue weighted by atomic mass is 10.1. The minimum absolute atomic E-state index is 0.234. The van der Waals surface area contributed by atoms with Gasteiger partial charge in [0.05, 0.1) is 5.69 Å². The van der Waals surface area contributed by atoms with Crippen molar-refractivity contribution in [1.82, 2.24) is 24.8 Å². The van der Waals surface area contributed by atoms with Crippen LogP contribution in [0, 0.1) is 6.92 Å². The second-order valence-electron chi connectivity index (χ2n) is 7.10. The molecule has 5 rings (SSSR count). The molecule has 136 valence electrons. The Bertz CT molecular complexity index is 1120. The highest BCUT2D eigenvalue weighted by molar-refractivity contribution is 5.87. The van der Waals surface area contributed by atoms with Crippen molar-refractivity contribution in [3.63, 3.8) is 0 Å². The number of nitrogens with two attached hydrogens (primary N) is 1. The van der Waals surface area contributed by atoms with Crippen molar-refractivity contribution >= 4 is 17.3 Å². The van der Waals surface area contributed by atoms with Gasteiger partial charge >= 0.3 is 0 Å². The number of rotatable bonds is 5. The molecule has 0 saturated heterocycles. The molecule has 0 atom stereocenters. The molecule has 1 aromatic carbocycles. The van der Waals surface area contributed by atoms with Crippen molar-refractivity contribution in [2.75, 3.05) is 11.1 Å². The maximum Gasteiger partial charge on any atom is 0.240 e. The van der Waals surface area contributed by atoms with Gasteiger partial charge in [0, 0.05) is 29.9 Å². The molecule has 1 aliphatic carbocycles. The molecule has 7 heteroatoms. The number of H-pyrrole nitrogens is 1. The lowest BCUT2D eigenvalue weighted by molar-refractivity contribution is 0.913. The van der Waals surface area contributed by atoms with Crippen LogP contribution in [0.15, 0.2) is 42.6 Å². The molecule has 0 radical (unpaired) electrons. The third kappa shape index (κ3) is 2.91. The first-order chi connectivity index (χ1) is 13.2. The molecule has 1 saturated carbocycles. The summed E-state index contributed by atoms with van der Waals surface area (Å²) in [5.74, 6) is 1.57. The fourth-order valence-electron chi connectivity index (χ4n) is 3.44. The highest BCUT2D eigenvalue weighted by atomic mass is 15.3. The van der Waals surface area contributed by atoms with E-state index in [0.29, 0.717) is 18.3 Å². The van der Waals surface area contributed by atoms with Gasteiger partial charge in [-0.1, -0.05) is 24.3 Å². The van der Waals surface area contributed by atoms with Crippen molar-refractivity contribution in [1.29, 1.82) is 0 Å². The topological polar surface area (TPSA) is 96.9 Å². The summed E-state index contributed by atoms with van der Waals surface area (Å²) < 4.78 is 1.77. The van der Waals surface area contributed by atoms with Gasteiger partial charge in [-0.2, -0.15) is 10.1 Å². The van der Waals surface area contributed by atoms with Crippen LogP contribution in [0.2, 0.25) is 0 Å². The average Bonchev–Trinajstić information content (AvgIpc) is 3.24. The summed E-state index contributed by atoms with van der Waals surface area (Å²) in [7, 11) is 0. The summed E-state index contributed by atoms with van der Waals surface area (Å²) in [6, 6.07) is 12.4. The number of aryl methyl sites for hydroxylation is 1. The van der Waals surface area contributed by atoms with Crippen LogP contribution >= 0.6 is 0 Å². The van der Waals surface area contributed by atoms with Gasteiger partial charge in [0.1, 0.15) is 5.52 Å². The Morgan fingerprint density at radius 1 is 1.26 bits per heavy atom. The van der Waals surface area contributed by atoms with E-state index in [0.717, 1.165) is 16.8 Å². The molecule has 0 amide bonds. The Kier molecular flexibility index (Phi) is 3.60. The summed E-state index contributed by atoms with van der Waals surface area (Å²) in [6.45, 7) is 2.77. The van der Waals surface area contributed by atoms with Crippen molar-refractivity contribution in [3.8, 4) is 11.3 Å². The van der Waals surface area contributed by atoms with Gasteiger partial charge in [0.2, 0.25) is 5.95 Å². The summed E-state index contributed by atoms with van der Waals surface area (Å²) in [6.07, 6.45) is 4.37. The molecule has 3 heterocycles. The highest BCUT2D eigenvalue weighted by Crippen LogP contribution is 2.40. The summed E-state index contributed by atoms with van der Waals surface area (Å²) in [4.78, 5) is 4.46.